The van der Waals surface area contributed by atoms with Crippen LogP contribution in [0.4, 0.5) is 0 Å². The van der Waals surface area contributed by atoms with E-state index in [0.29, 0.717) is 6.54 Å². The van der Waals surface area contributed by atoms with Crippen LogP contribution in [0.1, 0.15) is 52.9 Å². The molecule has 0 aromatic carbocycles. The summed E-state index contributed by atoms with van der Waals surface area (Å²) in [5.74, 6) is 0.141. The summed E-state index contributed by atoms with van der Waals surface area (Å²) in [6.07, 6.45) is 4.17. The Balaban J connectivity index is 2.56. The van der Waals surface area contributed by atoms with Crippen LogP contribution in [-0.2, 0) is 9.59 Å². The standard InChI is InChI=1S/C14H25NO3/c1-10(2)15(9-8-13(16)17)14(18)12-6-4-11(3)5-7-12/h10-12H,4-9H2,1-3H3,(H,16,17). The van der Waals surface area contributed by atoms with Crippen molar-refractivity contribution < 1.29 is 14.7 Å². The Labute approximate surface area is 109 Å². The molecule has 4 heteroatoms. The summed E-state index contributed by atoms with van der Waals surface area (Å²) in [5.41, 5.74) is 0. The predicted octanol–water partition coefficient (Wildman–Crippen LogP) is 2.52. The van der Waals surface area contributed by atoms with E-state index in [2.05, 4.69) is 6.92 Å². The van der Waals surface area contributed by atoms with E-state index in [1.165, 1.54) is 0 Å². The number of carboxylic acids is 1. The first-order chi connectivity index (χ1) is 8.41. The fourth-order valence-corrected chi connectivity index (χ4v) is 2.58. The van der Waals surface area contributed by atoms with Crippen molar-refractivity contribution in [3.05, 3.63) is 0 Å². The molecule has 1 N–H and O–H groups in total. The summed E-state index contributed by atoms with van der Waals surface area (Å²) in [6, 6.07) is 0.0798. The SMILES string of the molecule is CC1CCC(C(=O)N(CCC(=O)O)C(C)C)CC1. The topological polar surface area (TPSA) is 57.6 Å². The average Bonchev–Trinajstić information content (AvgIpc) is 2.29. The summed E-state index contributed by atoms with van der Waals surface area (Å²) in [6.45, 7) is 6.46. The second kappa shape index (κ2) is 6.76. The van der Waals surface area contributed by atoms with E-state index in [4.69, 9.17) is 5.11 Å². The highest BCUT2D eigenvalue weighted by Gasteiger charge is 2.29. The van der Waals surface area contributed by atoms with Crippen LogP contribution in [0.15, 0.2) is 0 Å². The number of rotatable bonds is 5. The largest absolute Gasteiger partial charge is 0.481 e. The van der Waals surface area contributed by atoms with Gasteiger partial charge in [0.1, 0.15) is 0 Å². The minimum Gasteiger partial charge on any atom is -0.481 e. The van der Waals surface area contributed by atoms with Crippen LogP contribution in [0.5, 0.6) is 0 Å². The quantitative estimate of drug-likeness (QED) is 0.821. The van der Waals surface area contributed by atoms with Crippen molar-refractivity contribution >= 4 is 11.9 Å². The summed E-state index contributed by atoms with van der Waals surface area (Å²) in [5, 5.41) is 8.73. The highest BCUT2D eigenvalue weighted by molar-refractivity contribution is 5.79. The second-order valence-corrected chi connectivity index (χ2v) is 5.73. The van der Waals surface area contributed by atoms with Gasteiger partial charge >= 0.3 is 5.97 Å². The number of hydrogen-bond acceptors (Lipinski definition) is 2. The third kappa shape index (κ3) is 4.31. The third-order valence-corrected chi connectivity index (χ3v) is 3.84. The van der Waals surface area contributed by atoms with Crippen molar-refractivity contribution in [2.45, 2.75) is 58.9 Å². The van der Waals surface area contributed by atoms with E-state index in [1.54, 1.807) is 4.90 Å². The molecule has 1 saturated carbocycles. The van der Waals surface area contributed by atoms with E-state index in [-0.39, 0.29) is 24.3 Å². The maximum atomic E-state index is 12.4. The highest BCUT2D eigenvalue weighted by atomic mass is 16.4. The van der Waals surface area contributed by atoms with E-state index < -0.39 is 5.97 Å². The summed E-state index contributed by atoms with van der Waals surface area (Å²) >= 11 is 0. The number of amides is 1. The lowest BCUT2D eigenvalue weighted by Gasteiger charge is -2.33. The molecule has 0 bridgehead atoms. The van der Waals surface area contributed by atoms with Gasteiger partial charge in [-0.1, -0.05) is 6.92 Å². The van der Waals surface area contributed by atoms with Gasteiger partial charge in [0, 0.05) is 18.5 Å². The fourth-order valence-electron chi connectivity index (χ4n) is 2.58. The van der Waals surface area contributed by atoms with Gasteiger partial charge in [0.15, 0.2) is 0 Å². The lowest BCUT2D eigenvalue weighted by Crippen LogP contribution is -2.43. The van der Waals surface area contributed by atoms with Crippen LogP contribution in [0.2, 0.25) is 0 Å². The normalized spacial score (nSPS) is 24.0. The zero-order valence-corrected chi connectivity index (χ0v) is 11.7. The molecule has 0 aromatic rings. The molecule has 0 saturated heterocycles. The zero-order chi connectivity index (χ0) is 13.7. The maximum absolute atomic E-state index is 12.4. The Kier molecular flexibility index (Phi) is 5.63. The zero-order valence-electron chi connectivity index (χ0n) is 11.7. The lowest BCUT2D eigenvalue weighted by atomic mass is 9.82. The molecule has 0 radical (unpaired) electrons. The molecule has 1 rings (SSSR count). The molecule has 1 fully saturated rings. The van der Waals surface area contributed by atoms with Crippen molar-refractivity contribution in [1.29, 1.82) is 0 Å². The van der Waals surface area contributed by atoms with Gasteiger partial charge in [-0.05, 0) is 45.4 Å². The average molecular weight is 255 g/mol. The Morgan fingerprint density at radius 1 is 1.22 bits per heavy atom. The molecular formula is C14H25NO3. The van der Waals surface area contributed by atoms with Crippen LogP contribution < -0.4 is 0 Å². The first kappa shape index (κ1) is 15.0. The first-order valence-electron chi connectivity index (χ1n) is 6.94. The van der Waals surface area contributed by atoms with E-state index in [1.807, 2.05) is 13.8 Å². The second-order valence-electron chi connectivity index (χ2n) is 5.73. The van der Waals surface area contributed by atoms with Gasteiger partial charge in [-0.2, -0.15) is 0 Å². The van der Waals surface area contributed by atoms with Crippen molar-refractivity contribution in [2.24, 2.45) is 11.8 Å². The Bertz CT molecular complexity index is 293. The fraction of sp³-hybridized carbons (Fsp3) is 0.857. The van der Waals surface area contributed by atoms with Crippen molar-refractivity contribution in [3.63, 3.8) is 0 Å². The third-order valence-electron chi connectivity index (χ3n) is 3.84. The highest BCUT2D eigenvalue weighted by Crippen LogP contribution is 2.30. The number of carbonyl (C=O) groups excluding carboxylic acids is 1. The van der Waals surface area contributed by atoms with E-state index in [9.17, 15) is 9.59 Å². The molecule has 0 aliphatic heterocycles. The molecule has 0 spiro atoms. The summed E-state index contributed by atoms with van der Waals surface area (Å²) in [4.78, 5) is 24.8. The molecule has 0 aromatic heterocycles. The smallest absolute Gasteiger partial charge is 0.305 e. The number of nitrogens with zero attached hydrogens (tertiary/aromatic N) is 1. The van der Waals surface area contributed by atoms with Crippen molar-refractivity contribution in [2.75, 3.05) is 6.54 Å². The molecule has 0 atom stereocenters. The number of carboxylic acid groups (broad SMARTS) is 1. The van der Waals surface area contributed by atoms with E-state index in [0.717, 1.165) is 31.6 Å². The van der Waals surface area contributed by atoms with Gasteiger partial charge in [0.05, 0.1) is 6.42 Å². The number of hydrogen-bond donors (Lipinski definition) is 1. The lowest BCUT2D eigenvalue weighted by molar-refractivity contribution is -0.141. The van der Waals surface area contributed by atoms with Gasteiger partial charge < -0.3 is 10.0 Å². The minimum absolute atomic E-state index is 0.0348. The van der Waals surface area contributed by atoms with Gasteiger partial charge in [0.2, 0.25) is 5.91 Å². The monoisotopic (exact) mass is 255 g/mol. The first-order valence-corrected chi connectivity index (χ1v) is 6.94. The maximum Gasteiger partial charge on any atom is 0.305 e. The van der Waals surface area contributed by atoms with Crippen LogP contribution in [-0.4, -0.2) is 34.5 Å². The van der Waals surface area contributed by atoms with Gasteiger partial charge in [-0.3, -0.25) is 9.59 Å². The van der Waals surface area contributed by atoms with Crippen molar-refractivity contribution in [1.82, 2.24) is 4.90 Å². The Hall–Kier alpha value is -1.06. The molecule has 0 unspecified atom stereocenters. The van der Waals surface area contributed by atoms with E-state index >= 15 is 0 Å². The summed E-state index contributed by atoms with van der Waals surface area (Å²) < 4.78 is 0. The van der Waals surface area contributed by atoms with Crippen LogP contribution >= 0.6 is 0 Å². The minimum atomic E-state index is -0.842. The summed E-state index contributed by atoms with van der Waals surface area (Å²) in [7, 11) is 0. The van der Waals surface area contributed by atoms with Crippen LogP contribution in [0.3, 0.4) is 0 Å². The molecule has 0 heterocycles. The van der Waals surface area contributed by atoms with Crippen LogP contribution in [0.25, 0.3) is 0 Å². The number of aliphatic carboxylic acids is 1. The number of carbonyl (C=O) groups is 2. The molecule has 104 valence electrons. The Morgan fingerprint density at radius 3 is 2.22 bits per heavy atom. The molecule has 1 aliphatic rings. The molecule has 1 amide bonds. The molecule has 1 aliphatic carbocycles. The molecular weight excluding hydrogens is 230 g/mol. The van der Waals surface area contributed by atoms with Gasteiger partial charge in [-0.25, -0.2) is 0 Å². The van der Waals surface area contributed by atoms with Gasteiger partial charge in [-0.15, -0.1) is 0 Å². The Morgan fingerprint density at radius 2 is 1.78 bits per heavy atom. The van der Waals surface area contributed by atoms with Crippen LogP contribution in [0, 0.1) is 11.8 Å². The predicted molar refractivity (Wildman–Crippen MR) is 70.2 cm³/mol. The van der Waals surface area contributed by atoms with Crippen molar-refractivity contribution in [3.8, 4) is 0 Å². The molecule has 4 nitrogen and oxygen atoms in total. The van der Waals surface area contributed by atoms with Gasteiger partial charge in [0.25, 0.3) is 0 Å². The molecule has 18 heavy (non-hydrogen) atoms.